The molecule has 0 spiro atoms. The predicted octanol–water partition coefficient (Wildman–Crippen LogP) is 0.540. The van der Waals surface area contributed by atoms with Gasteiger partial charge in [0.1, 0.15) is 0 Å². The van der Waals surface area contributed by atoms with E-state index in [4.69, 9.17) is 0 Å². The molecule has 1 rings (SSSR count). The van der Waals surface area contributed by atoms with Gasteiger partial charge in [-0.2, -0.15) is 5.10 Å². The molecule has 0 bridgehead atoms. The number of aromatic nitrogens is 2. The maximum atomic E-state index is 9.98. The fraction of sp³-hybridized carbons (Fsp3) is 0.333. The normalized spacial score (nSPS) is 9.30. The van der Waals surface area contributed by atoms with Gasteiger partial charge >= 0.3 is 0 Å². The van der Waals surface area contributed by atoms with Crippen LogP contribution in [0.15, 0.2) is 6.20 Å². The van der Waals surface area contributed by atoms with Crippen LogP contribution in [0.25, 0.3) is 0 Å². The number of H-pyrrole nitrogens is 1. The first-order valence-electron chi connectivity index (χ1n) is 3.11. The van der Waals surface area contributed by atoms with E-state index < -0.39 is 0 Å². The van der Waals surface area contributed by atoms with E-state index in [1.165, 1.54) is 0 Å². The summed E-state index contributed by atoms with van der Waals surface area (Å²) in [5.41, 5.74) is 1.02. The molecule has 1 heterocycles. The van der Waals surface area contributed by atoms with E-state index >= 15 is 0 Å². The van der Waals surface area contributed by atoms with E-state index in [9.17, 15) is 4.79 Å². The number of carbonyl (C=O) groups is 1. The monoisotopic (exact) mass is 139 g/mol. The molecule has 1 amide bonds. The van der Waals surface area contributed by atoms with Crippen LogP contribution in [0.5, 0.6) is 0 Å². The van der Waals surface area contributed by atoms with Crippen molar-refractivity contribution >= 4 is 12.2 Å². The average molecular weight is 139 g/mol. The van der Waals surface area contributed by atoms with Crippen molar-refractivity contribution in [1.29, 1.82) is 0 Å². The maximum Gasteiger partial charge on any atom is 0.212 e. The minimum Gasteiger partial charge on any atom is -0.312 e. The molecule has 0 saturated carbocycles. The van der Waals surface area contributed by atoms with Crippen molar-refractivity contribution in [2.24, 2.45) is 0 Å². The van der Waals surface area contributed by atoms with Gasteiger partial charge in [0.05, 0.1) is 0 Å². The van der Waals surface area contributed by atoms with Gasteiger partial charge in [0.25, 0.3) is 0 Å². The summed E-state index contributed by atoms with van der Waals surface area (Å²) in [5.74, 6) is 0.623. The number of amides is 1. The molecule has 0 fully saturated rings. The third-order valence-corrected chi connectivity index (χ3v) is 1.30. The Morgan fingerprint density at radius 2 is 2.70 bits per heavy atom. The van der Waals surface area contributed by atoms with Crippen LogP contribution in [0.3, 0.4) is 0 Å². The zero-order valence-electron chi connectivity index (χ0n) is 5.72. The summed E-state index contributed by atoms with van der Waals surface area (Å²) in [6.07, 6.45) is 3.26. The Labute approximate surface area is 58.6 Å². The number of hydrogen-bond acceptors (Lipinski definition) is 2. The highest BCUT2D eigenvalue weighted by atomic mass is 16.1. The van der Waals surface area contributed by atoms with Gasteiger partial charge < -0.3 is 5.32 Å². The van der Waals surface area contributed by atoms with Crippen LogP contribution in [-0.4, -0.2) is 16.6 Å². The van der Waals surface area contributed by atoms with E-state index in [0.717, 1.165) is 12.0 Å². The molecule has 0 radical (unpaired) electrons. The van der Waals surface area contributed by atoms with Crippen molar-refractivity contribution in [2.75, 3.05) is 5.32 Å². The lowest BCUT2D eigenvalue weighted by atomic mass is 10.2. The quantitative estimate of drug-likeness (QED) is 0.600. The number of nitrogens with zero attached hydrogens (tertiary/aromatic N) is 1. The topological polar surface area (TPSA) is 57.8 Å². The number of nitrogens with one attached hydrogen (secondary N) is 2. The Kier molecular flexibility index (Phi) is 2.04. The van der Waals surface area contributed by atoms with Gasteiger partial charge in [-0.15, -0.1) is 0 Å². The first kappa shape index (κ1) is 6.80. The van der Waals surface area contributed by atoms with Gasteiger partial charge in [-0.1, -0.05) is 6.92 Å². The largest absolute Gasteiger partial charge is 0.312 e. The highest BCUT2D eigenvalue weighted by Crippen LogP contribution is 2.09. The Hall–Kier alpha value is -1.32. The highest BCUT2D eigenvalue weighted by molar-refractivity contribution is 5.70. The van der Waals surface area contributed by atoms with Crippen LogP contribution in [0, 0.1) is 0 Å². The third kappa shape index (κ3) is 1.15. The number of anilines is 1. The lowest BCUT2D eigenvalue weighted by molar-refractivity contribution is -0.105. The second-order valence-corrected chi connectivity index (χ2v) is 1.87. The lowest BCUT2D eigenvalue weighted by Gasteiger charge is -1.93. The number of aryl methyl sites for hydroxylation is 1. The third-order valence-electron chi connectivity index (χ3n) is 1.30. The minimum atomic E-state index is 0.620. The number of hydrogen-bond donors (Lipinski definition) is 2. The molecule has 0 aromatic carbocycles. The molecule has 0 atom stereocenters. The molecular weight excluding hydrogens is 130 g/mol. The predicted molar refractivity (Wildman–Crippen MR) is 37.7 cm³/mol. The highest BCUT2D eigenvalue weighted by Gasteiger charge is 1.99. The fourth-order valence-electron chi connectivity index (χ4n) is 0.765. The molecule has 54 valence electrons. The van der Waals surface area contributed by atoms with Gasteiger partial charge in [-0.3, -0.25) is 9.89 Å². The summed E-state index contributed by atoms with van der Waals surface area (Å²) in [7, 11) is 0. The molecule has 4 nitrogen and oxygen atoms in total. The van der Waals surface area contributed by atoms with Crippen LogP contribution < -0.4 is 5.32 Å². The molecule has 10 heavy (non-hydrogen) atoms. The fourth-order valence-corrected chi connectivity index (χ4v) is 0.765. The Morgan fingerprint density at radius 1 is 1.90 bits per heavy atom. The molecule has 0 saturated heterocycles. The summed E-state index contributed by atoms with van der Waals surface area (Å²) in [6, 6.07) is 0. The first-order valence-corrected chi connectivity index (χ1v) is 3.11. The molecule has 0 aliphatic heterocycles. The maximum absolute atomic E-state index is 9.98. The van der Waals surface area contributed by atoms with Gasteiger partial charge in [0, 0.05) is 11.8 Å². The van der Waals surface area contributed by atoms with Crippen molar-refractivity contribution in [1.82, 2.24) is 10.2 Å². The zero-order valence-corrected chi connectivity index (χ0v) is 5.72. The van der Waals surface area contributed by atoms with Crippen LogP contribution in [0.2, 0.25) is 0 Å². The van der Waals surface area contributed by atoms with E-state index in [0.29, 0.717) is 12.2 Å². The lowest BCUT2D eigenvalue weighted by Crippen LogP contribution is -1.96. The number of aromatic amines is 1. The van der Waals surface area contributed by atoms with Crippen molar-refractivity contribution in [3.63, 3.8) is 0 Å². The molecular formula is C6H9N3O. The number of carbonyl (C=O) groups excluding carboxylic acids is 1. The van der Waals surface area contributed by atoms with Crippen molar-refractivity contribution < 1.29 is 4.79 Å². The van der Waals surface area contributed by atoms with E-state index in [1.54, 1.807) is 6.20 Å². The summed E-state index contributed by atoms with van der Waals surface area (Å²) < 4.78 is 0. The minimum absolute atomic E-state index is 0.620. The van der Waals surface area contributed by atoms with Crippen LogP contribution in [0.1, 0.15) is 12.5 Å². The van der Waals surface area contributed by atoms with Gasteiger partial charge in [-0.05, 0) is 6.42 Å². The SMILES string of the molecule is CCc1c[nH]nc1NC=O. The van der Waals surface area contributed by atoms with Crippen LogP contribution in [0.4, 0.5) is 5.82 Å². The van der Waals surface area contributed by atoms with Gasteiger partial charge in [0.15, 0.2) is 5.82 Å². The standard InChI is InChI=1S/C6H9N3O/c1-2-5-3-8-9-6(5)7-4-10/h3-4H,2H2,1H3,(H2,7,8,9,10). The second kappa shape index (κ2) is 3.00. The molecule has 0 unspecified atom stereocenters. The summed E-state index contributed by atoms with van der Waals surface area (Å²) in [4.78, 5) is 9.98. The Balaban J connectivity index is 2.79. The zero-order chi connectivity index (χ0) is 7.40. The summed E-state index contributed by atoms with van der Waals surface area (Å²) in [6.45, 7) is 2.00. The second-order valence-electron chi connectivity index (χ2n) is 1.87. The summed E-state index contributed by atoms with van der Waals surface area (Å²) in [5, 5.41) is 8.96. The molecule has 1 aromatic heterocycles. The van der Waals surface area contributed by atoms with E-state index in [2.05, 4.69) is 15.5 Å². The Bertz CT molecular complexity index is 219. The summed E-state index contributed by atoms with van der Waals surface area (Å²) >= 11 is 0. The first-order chi connectivity index (χ1) is 4.88. The molecule has 2 N–H and O–H groups in total. The Morgan fingerprint density at radius 3 is 3.30 bits per heavy atom. The van der Waals surface area contributed by atoms with Crippen LogP contribution >= 0.6 is 0 Å². The van der Waals surface area contributed by atoms with Gasteiger partial charge in [0.2, 0.25) is 6.41 Å². The molecule has 0 aliphatic rings. The molecule has 0 aliphatic carbocycles. The van der Waals surface area contributed by atoms with Crippen molar-refractivity contribution in [2.45, 2.75) is 13.3 Å². The smallest absolute Gasteiger partial charge is 0.212 e. The van der Waals surface area contributed by atoms with E-state index in [-0.39, 0.29) is 0 Å². The van der Waals surface area contributed by atoms with Crippen LogP contribution in [-0.2, 0) is 11.2 Å². The van der Waals surface area contributed by atoms with Crippen molar-refractivity contribution in [3.05, 3.63) is 11.8 Å². The molecule has 1 aromatic rings. The number of rotatable bonds is 3. The average Bonchev–Trinajstić information content (AvgIpc) is 2.36. The molecule has 4 heteroatoms. The van der Waals surface area contributed by atoms with Gasteiger partial charge in [-0.25, -0.2) is 0 Å². The van der Waals surface area contributed by atoms with E-state index in [1.807, 2.05) is 6.92 Å². The van der Waals surface area contributed by atoms with Crippen molar-refractivity contribution in [3.8, 4) is 0 Å².